The normalized spacial score (nSPS) is 13.9. The Balaban J connectivity index is 4.80. The van der Waals surface area contributed by atoms with Crippen LogP contribution in [0.5, 0.6) is 0 Å². The minimum absolute atomic E-state index is 0.0855. The van der Waals surface area contributed by atoms with Crippen molar-refractivity contribution in [2.45, 2.75) is 57.8 Å². The minimum Gasteiger partial charge on any atom is -0.481 e. The highest BCUT2D eigenvalue weighted by atomic mass is 19.1. The van der Waals surface area contributed by atoms with Gasteiger partial charge in [0.05, 0.1) is 25.6 Å². The van der Waals surface area contributed by atoms with Crippen LogP contribution < -0.4 is 5.32 Å². The summed E-state index contributed by atoms with van der Waals surface area (Å²) in [6.07, 6.45) is -2.68. The minimum atomic E-state index is -1.18. The largest absolute Gasteiger partial charge is 0.481 e. The first kappa shape index (κ1) is 21.1. The Kier molecular flexibility index (Phi) is 9.16. The number of amides is 1. The standard InChI is InChI=1S/C14H24FNO7/c1-14(2,3)23-13(21)16-9(7-11(17)18)6-10(8-12(19)20)22-5-4-15/h9-10H,4-8H2,1-3H3,(H,16,21)(H,17,18)(H,19,20). The molecule has 0 aromatic heterocycles. The number of halogens is 1. The van der Waals surface area contributed by atoms with E-state index in [2.05, 4.69) is 5.32 Å². The number of rotatable bonds is 10. The van der Waals surface area contributed by atoms with Crippen LogP contribution in [-0.4, -0.2) is 59.3 Å². The summed E-state index contributed by atoms with van der Waals surface area (Å²) < 4.78 is 22.3. The third-order valence-corrected chi connectivity index (χ3v) is 2.52. The van der Waals surface area contributed by atoms with E-state index in [1.807, 2.05) is 0 Å². The summed E-state index contributed by atoms with van der Waals surface area (Å²) in [4.78, 5) is 33.4. The van der Waals surface area contributed by atoms with Crippen LogP contribution >= 0.6 is 0 Å². The summed E-state index contributed by atoms with van der Waals surface area (Å²) in [6.45, 7) is 3.85. The molecule has 0 aliphatic carbocycles. The average molecular weight is 337 g/mol. The second kappa shape index (κ2) is 9.98. The molecule has 23 heavy (non-hydrogen) atoms. The molecule has 0 spiro atoms. The van der Waals surface area contributed by atoms with Gasteiger partial charge in [0, 0.05) is 6.04 Å². The maximum atomic E-state index is 12.2. The molecule has 0 fully saturated rings. The van der Waals surface area contributed by atoms with Crippen molar-refractivity contribution in [3.8, 4) is 0 Å². The number of carboxylic acid groups (broad SMARTS) is 2. The van der Waals surface area contributed by atoms with Crippen molar-refractivity contribution in [3.05, 3.63) is 0 Å². The Morgan fingerprint density at radius 2 is 1.70 bits per heavy atom. The van der Waals surface area contributed by atoms with Crippen LogP contribution in [-0.2, 0) is 19.1 Å². The molecule has 0 aromatic rings. The summed E-state index contributed by atoms with van der Waals surface area (Å²) in [5, 5.41) is 20.1. The Hall–Kier alpha value is -1.90. The van der Waals surface area contributed by atoms with Crippen LogP contribution in [0, 0.1) is 0 Å². The predicted octanol–water partition coefficient (Wildman–Crippen LogP) is 1.57. The highest BCUT2D eigenvalue weighted by molar-refractivity contribution is 5.71. The molecule has 0 rings (SSSR count). The van der Waals surface area contributed by atoms with Gasteiger partial charge >= 0.3 is 18.0 Å². The maximum absolute atomic E-state index is 12.2. The lowest BCUT2D eigenvalue weighted by Crippen LogP contribution is -2.42. The van der Waals surface area contributed by atoms with E-state index in [0.717, 1.165) is 0 Å². The molecule has 0 heterocycles. The smallest absolute Gasteiger partial charge is 0.407 e. The molecule has 134 valence electrons. The highest BCUT2D eigenvalue weighted by Gasteiger charge is 2.25. The molecule has 0 aliphatic heterocycles. The number of ether oxygens (including phenoxy) is 2. The number of carboxylic acids is 2. The van der Waals surface area contributed by atoms with Crippen molar-refractivity contribution in [2.75, 3.05) is 13.3 Å². The molecular formula is C14H24FNO7. The fraction of sp³-hybridized carbons (Fsp3) is 0.786. The van der Waals surface area contributed by atoms with E-state index in [0.29, 0.717) is 0 Å². The number of alkyl halides is 1. The molecule has 0 radical (unpaired) electrons. The molecule has 0 bridgehead atoms. The lowest BCUT2D eigenvalue weighted by atomic mass is 10.0. The zero-order valence-corrected chi connectivity index (χ0v) is 13.5. The van der Waals surface area contributed by atoms with E-state index in [-0.39, 0.29) is 13.0 Å². The molecule has 9 heteroatoms. The number of aliphatic carboxylic acids is 2. The number of alkyl carbamates (subject to hydrolysis) is 1. The van der Waals surface area contributed by atoms with Gasteiger partial charge in [0.15, 0.2) is 0 Å². The van der Waals surface area contributed by atoms with Gasteiger partial charge in [-0.3, -0.25) is 9.59 Å². The fourth-order valence-electron chi connectivity index (χ4n) is 1.81. The number of hydrogen-bond acceptors (Lipinski definition) is 5. The second-order valence-electron chi connectivity index (χ2n) is 5.96. The molecule has 3 N–H and O–H groups in total. The van der Waals surface area contributed by atoms with E-state index in [1.165, 1.54) is 0 Å². The molecule has 0 saturated carbocycles. The van der Waals surface area contributed by atoms with Crippen molar-refractivity contribution >= 4 is 18.0 Å². The molecule has 8 nitrogen and oxygen atoms in total. The van der Waals surface area contributed by atoms with E-state index in [9.17, 15) is 18.8 Å². The Labute approximate surface area is 133 Å². The van der Waals surface area contributed by atoms with Crippen molar-refractivity contribution < 1.29 is 38.5 Å². The van der Waals surface area contributed by atoms with Gasteiger partial charge in [0.25, 0.3) is 0 Å². The topological polar surface area (TPSA) is 122 Å². The number of carbonyl (C=O) groups is 3. The third kappa shape index (κ3) is 12.3. The Morgan fingerprint density at radius 1 is 1.13 bits per heavy atom. The SMILES string of the molecule is CC(C)(C)OC(=O)NC(CC(=O)O)CC(CC(=O)O)OCCF. The fourth-order valence-corrected chi connectivity index (χ4v) is 1.81. The molecule has 2 atom stereocenters. The number of carbonyl (C=O) groups excluding carboxylic acids is 1. The third-order valence-electron chi connectivity index (χ3n) is 2.52. The lowest BCUT2D eigenvalue weighted by Gasteiger charge is -2.25. The van der Waals surface area contributed by atoms with Gasteiger partial charge in [-0.2, -0.15) is 0 Å². The van der Waals surface area contributed by atoms with Crippen LogP contribution in [0.3, 0.4) is 0 Å². The second-order valence-corrected chi connectivity index (χ2v) is 5.96. The summed E-state index contributed by atoms with van der Waals surface area (Å²) in [5.74, 6) is -2.34. The van der Waals surface area contributed by atoms with Gasteiger partial charge in [-0.05, 0) is 27.2 Å². The van der Waals surface area contributed by atoms with Crippen LogP contribution in [0.1, 0.15) is 40.0 Å². The van der Waals surface area contributed by atoms with Crippen molar-refractivity contribution in [2.24, 2.45) is 0 Å². The van der Waals surface area contributed by atoms with E-state index >= 15 is 0 Å². The summed E-state index contributed by atoms with van der Waals surface area (Å²) in [7, 11) is 0. The molecule has 1 amide bonds. The van der Waals surface area contributed by atoms with Crippen LogP contribution in [0.25, 0.3) is 0 Å². The summed E-state index contributed by atoms with van der Waals surface area (Å²) >= 11 is 0. The first-order chi connectivity index (χ1) is 10.5. The van der Waals surface area contributed by atoms with Crippen molar-refractivity contribution in [1.29, 1.82) is 0 Å². The molecular weight excluding hydrogens is 313 g/mol. The van der Waals surface area contributed by atoms with Crippen LogP contribution in [0.15, 0.2) is 0 Å². The van der Waals surface area contributed by atoms with Crippen molar-refractivity contribution in [3.63, 3.8) is 0 Å². The monoisotopic (exact) mass is 337 g/mol. The Bertz CT molecular complexity index is 408. The molecule has 0 saturated heterocycles. The van der Waals surface area contributed by atoms with Gasteiger partial charge in [0.2, 0.25) is 0 Å². The molecule has 0 aromatic carbocycles. The van der Waals surface area contributed by atoms with E-state index in [1.54, 1.807) is 20.8 Å². The van der Waals surface area contributed by atoms with Crippen LogP contribution in [0.2, 0.25) is 0 Å². The van der Waals surface area contributed by atoms with Crippen LogP contribution in [0.4, 0.5) is 9.18 Å². The Morgan fingerprint density at radius 3 is 2.13 bits per heavy atom. The van der Waals surface area contributed by atoms with E-state index in [4.69, 9.17) is 19.7 Å². The van der Waals surface area contributed by atoms with Gasteiger partial charge in [-0.15, -0.1) is 0 Å². The van der Waals surface area contributed by atoms with Gasteiger partial charge in [0.1, 0.15) is 12.3 Å². The quantitative estimate of drug-likeness (QED) is 0.553. The molecule has 2 unspecified atom stereocenters. The first-order valence-corrected chi connectivity index (χ1v) is 7.14. The summed E-state index contributed by atoms with van der Waals surface area (Å²) in [5.41, 5.74) is -0.761. The number of nitrogens with one attached hydrogen (secondary N) is 1. The lowest BCUT2D eigenvalue weighted by molar-refractivity contribution is -0.140. The van der Waals surface area contributed by atoms with E-state index < -0.39 is 55.3 Å². The highest BCUT2D eigenvalue weighted by Crippen LogP contribution is 2.13. The maximum Gasteiger partial charge on any atom is 0.407 e. The zero-order chi connectivity index (χ0) is 18.0. The molecule has 0 aliphatic rings. The van der Waals surface area contributed by atoms with Crippen molar-refractivity contribution in [1.82, 2.24) is 5.32 Å². The number of hydrogen-bond donors (Lipinski definition) is 3. The average Bonchev–Trinajstić information content (AvgIpc) is 2.31. The zero-order valence-electron chi connectivity index (χ0n) is 13.5. The van der Waals surface area contributed by atoms with Gasteiger partial charge in [-0.25, -0.2) is 9.18 Å². The van der Waals surface area contributed by atoms with Gasteiger partial charge < -0.3 is 25.0 Å². The predicted molar refractivity (Wildman–Crippen MR) is 78.0 cm³/mol. The summed E-state index contributed by atoms with van der Waals surface area (Å²) in [6, 6.07) is -0.897. The first-order valence-electron chi connectivity index (χ1n) is 7.14. The van der Waals surface area contributed by atoms with Gasteiger partial charge in [-0.1, -0.05) is 0 Å².